The van der Waals surface area contributed by atoms with E-state index in [0.29, 0.717) is 26.6 Å². The third-order valence-corrected chi connectivity index (χ3v) is 4.50. The first kappa shape index (κ1) is 14.7. The number of thiophene rings is 1. The Balaban J connectivity index is 1.78. The molecule has 0 fully saturated rings. The SMILES string of the molecule is CSc1ncccc1C(=O)OCc1nc2ccsc2c(=O)[nH]1. The molecule has 0 atom stereocenters. The number of carbonyl (C=O) groups is 1. The number of aromatic nitrogens is 3. The first-order chi connectivity index (χ1) is 10.7. The maximum absolute atomic E-state index is 12.1. The molecule has 8 heteroatoms. The predicted octanol–water partition coefficient (Wildman–Crippen LogP) is 2.46. The number of H-pyrrole nitrogens is 1. The van der Waals surface area contributed by atoms with Gasteiger partial charge in [-0.2, -0.15) is 0 Å². The molecule has 3 aromatic heterocycles. The molecule has 0 aromatic carbocycles. The number of ether oxygens (including phenoxy) is 1. The van der Waals surface area contributed by atoms with Crippen LogP contribution in [0.4, 0.5) is 0 Å². The minimum absolute atomic E-state index is 0.0947. The Kier molecular flexibility index (Phi) is 4.21. The van der Waals surface area contributed by atoms with E-state index in [1.165, 1.54) is 23.1 Å². The smallest absolute Gasteiger partial charge is 0.341 e. The summed E-state index contributed by atoms with van der Waals surface area (Å²) in [5.41, 5.74) is 0.775. The molecule has 6 nitrogen and oxygen atoms in total. The number of fused-ring (bicyclic) bond motifs is 1. The summed E-state index contributed by atoms with van der Waals surface area (Å²) < 4.78 is 5.78. The molecule has 0 aliphatic rings. The highest BCUT2D eigenvalue weighted by Gasteiger charge is 2.14. The fraction of sp³-hybridized carbons (Fsp3) is 0.143. The van der Waals surface area contributed by atoms with Crippen molar-refractivity contribution in [1.82, 2.24) is 15.0 Å². The van der Waals surface area contributed by atoms with Crippen LogP contribution in [0.2, 0.25) is 0 Å². The van der Waals surface area contributed by atoms with Crippen molar-refractivity contribution in [2.75, 3.05) is 6.26 Å². The van der Waals surface area contributed by atoms with Crippen molar-refractivity contribution >= 4 is 39.3 Å². The second kappa shape index (κ2) is 6.29. The molecule has 0 aliphatic heterocycles. The minimum Gasteiger partial charge on any atom is -0.454 e. The molecule has 3 aromatic rings. The zero-order valence-corrected chi connectivity index (χ0v) is 13.2. The van der Waals surface area contributed by atoms with E-state index in [1.807, 2.05) is 6.26 Å². The van der Waals surface area contributed by atoms with E-state index >= 15 is 0 Å². The fourth-order valence-corrected chi connectivity index (χ4v) is 3.17. The highest BCUT2D eigenvalue weighted by molar-refractivity contribution is 7.98. The second-order valence-electron chi connectivity index (χ2n) is 4.28. The van der Waals surface area contributed by atoms with Crippen LogP contribution in [-0.2, 0) is 11.3 Å². The molecule has 1 N–H and O–H groups in total. The summed E-state index contributed by atoms with van der Waals surface area (Å²) in [6.07, 6.45) is 3.45. The molecule has 0 unspecified atom stereocenters. The van der Waals surface area contributed by atoms with Gasteiger partial charge in [0, 0.05) is 6.20 Å². The lowest BCUT2D eigenvalue weighted by molar-refractivity contribution is 0.0457. The number of nitrogens with one attached hydrogen (secondary N) is 1. The summed E-state index contributed by atoms with van der Waals surface area (Å²) in [5, 5.41) is 2.39. The number of hydrogen-bond acceptors (Lipinski definition) is 7. The van der Waals surface area contributed by atoms with E-state index in [9.17, 15) is 9.59 Å². The van der Waals surface area contributed by atoms with Gasteiger partial charge in [0.1, 0.15) is 22.2 Å². The summed E-state index contributed by atoms with van der Waals surface area (Å²) >= 11 is 2.69. The fourth-order valence-electron chi connectivity index (χ4n) is 1.91. The van der Waals surface area contributed by atoms with Gasteiger partial charge < -0.3 is 9.72 Å². The number of pyridine rings is 1. The summed E-state index contributed by atoms with van der Waals surface area (Å²) in [7, 11) is 0. The van der Waals surface area contributed by atoms with E-state index in [1.54, 1.807) is 29.8 Å². The van der Waals surface area contributed by atoms with Gasteiger partial charge in [0.2, 0.25) is 0 Å². The number of thioether (sulfide) groups is 1. The summed E-state index contributed by atoms with van der Waals surface area (Å²) in [5.74, 6) is -0.177. The summed E-state index contributed by atoms with van der Waals surface area (Å²) in [6.45, 7) is -0.0947. The number of nitrogens with zero attached hydrogens (tertiary/aromatic N) is 2. The molecule has 22 heavy (non-hydrogen) atoms. The first-order valence-corrected chi connectivity index (χ1v) is 8.42. The van der Waals surface area contributed by atoms with Crippen LogP contribution in [0.3, 0.4) is 0 Å². The normalized spacial score (nSPS) is 10.8. The van der Waals surface area contributed by atoms with Crippen LogP contribution in [0.15, 0.2) is 39.6 Å². The van der Waals surface area contributed by atoms with Gasteiger partial charge in [0.15, 0.2) is 0 Å². The highest BCUT2D eigenvalue weighted by Crippen LogP contribution is 2.18. The number of esters is 1. The van der Waals surface area contributed by atoms with Gasteiger partial charge in [-0.25, -0.2) is 14.8 Å². The maximum atomic E-state index is 12.1. The van der Waals surface area contributed by atoms with Crippen molar-refractivity contribution < 1.29 is 9.53 Å². The minimum atomic E-state index is -0.495. The van der Waals surface area contributed by atoms with Gasteiger partial charge in [-0.15, -0.1) is 23.1 Å². The van der Waals surface area contributed by atoms with Crippen molar-refractivity contribution in [2.45, 2.75) is 11.6 Å². The molecule has 0 radical (unpaired) electrons. The van der Waals surface area contributed by atoms with Crippen molar-refractivity contribution in [2.24, 2.45) is 0 Å². The average molecular weight is 333 g/mol. The van der Waals surface area contributed by atoms with Gasteiger partial charge >= 0.3 is 5.97 Å². The Bertz CT molecular complexity index is 888. The van der Waals surface area contributed by atoms with Crippen LogP contribution in [0, 0.1) is 0 Å². The lowest BCUT2D eigenvalue weighted by Gasteiger charge is -2.06. The third kappa shape index (κ3) is 2.88. The molecule has 0 spiro atoms. The number of aromatic amines is 1. The van der Waals surface area contributed by atoms with Gasteiger partial charge in [0.05, 0.1) is 11.1 Å². The van der Waals surface area contributed by atoms with Crippen LogP contribution in [0.1, 0.15) is 16.2 Å². The van der Waals surface area contributed by atoms with E-state index in [-0.39, 0.29) is 12.2 Å². The topological polar surface area (TPSA) is 84.9 Å². The summed E-state index contributed by atoms with van der Waals surface area (Å²) in [4.78, 5) is 34.9. The lowest BCUT2D eigenvalue weighted by Crippen LogP contribution is -2.14. The Labute approximate surface area is 133 Å². The van der Waals surface area contributed by atoms with Gasteiger partial charge in [-0.05, 0) is 29.8 Å². The van der Waals surface area contributed by atoms with Gasteiger partial charge in [-0.1, -0.05) is 0 Å². The summed E-state index contributed by atoms with van der Waals surface area (Å²) in [6, 6.07) is 5.08. The Morgan fingerprint density at radius 3 is 3.14 bits per heavy atom. The van der Waals surface area contributed by atoms with Crippen LogP contribution in [-0.4, -0.2) is 27.2 Å². The molecular formula is C14H11N3O3S2. The van der Waals surface area contributed by atoms with Crippen molar-refractivity contribution in [3.05, 3.63) is 51.5 Å². The molecule has 0 aliphatic carbocycles. The quantitative estimate of drug-likeness (QED) is 0.583. The molecule has 112 valence electrons. The zero-order valence-electron chi connectivity index (χ0n) is 11.5. The molecular weight excluding hydrogens is 322 g/mol. The molecule has 3 rings (SSSR count). The second-order valence-corrected chi connectivity index (χ2v) is 6.00. The molecule has 3 heterocycles. The lowest BCUT2D eigenvalue weighted by atomic mass is 10.3. The highest BCUT2D eigenvalue weighted by atomic mass is 32.2. The van der Waals surface area contributed by atoms with Crippen LogP contribution in [0.5, 0.6) is 0 Å². The largest absolute Gasteiger partial charge is 0.454 e. The Hall–Kier alpha value is -2.19. The number of carbonyl (C=O) groups excluding carboxylic acids is 1. The number of hydrogen-bond donors (Lipinski definition) is 1. The third-order valence-electron chi connectivity index (χ3n) is 2.89. The monoisotopic (exact) mass is 333 g/mol. The van der Waals surface area contributed by atoms with E-state index in [0.717, 1.165) is 0 Å². The van der Waals surface area contributed by atoms with Crippen molar-refractivity contribution in [3.8, 4) is 0 Å². The van der Waals surface area contributed by atoms with Crippen molar-refractivity contribution in [3.63, 3.8) is 0 Å². The Morgan fingerprint density at radius 1 is 1.45 bits per heavy atom. The predicted molar refractivity (Wildman–Crippen MR) is 85.4 cm³/mol. The Morgan fingerprint density at radius 2 is 2.32 bits per heavy atom. The van der Waals surface area contributed by atoms with Gasteiger partial charge in [0.25, 0.3) is 5.56 Å². The first-order valence-electron chi connectivity index (χ1n) is 6.31. The molecule has 0 amide bonds. The van der Waals surface area contributed by atoms with Crippen molar-refractivity contribution in [1.29, 1.82) is 0 Å². The van der Waals surface area contributed by atoms with Crippen LogP contribution in [0.25, 0.3) is 10.2 Å². The van der Waals surface area contributed by atoms with E-state index < -0.39 is 5.97 Å². The van der Waals surface area contributed by atoms with Crippen LogP contribution < -0.4 is 5.56 Å². The van der Waals surface area contributed by atoms with Gasteiger partial charge in [-0.3, -0.25) is 4.79 Å². The van der Waals surface area contributed by atoms with E-state index in [2.05, 4.69) is 15.0 Å². The molecule has 0 saturated carbocycles. The maximum Gasteiger partial charge on any atom is 0.341 e. The molecule has 0 bridgehead atoms. The van der Waals surface area contributed by atoms with Crippen LogP contribution >= 0.6 is 23.1 Å². The average Bonchev–Trinajstić information content (AvgIpc) is 3.01. The molecule has 0 saturated heterocycles. The van der Waals surface area contributed by atoms with E-state index in [4.69, 9.17) is 4.74 Å². The number of rotatable bonds is 4. The standard InChI is InChI=1S/C14H11N3O3S2/c1-21-13-8(3-2-5-15-13)14(19)20-7-10-16-9-4-6-22-11(9)12(18)17-10/h2-6H,7H2,1H3,(H,16,17,18). The zero-order chi connectivity index (χ0) is 15.5.